The standard InChI is InChI=1S/C12H15BrOS/c1-8-7-9(13)10(15-8)11(14)12(2)5-3-4-6-12/h7H,3-6H2,1-2H3. The monoisotopic (exact) mass is 286 g/mol. The van der Waals surface area contributed by atoms with Gasteiger partial charge in [0.15, 0.2) is 5.78 Å². The van der Waals surface area contributed by atoms with Crippen molar-refractivity contribution < 1.29 is 4.79 Å². The summed E-state index contributed by atoms with van der Waals surface area (Å²) < 4.78 is 0.975. The van der Waals surface area contributed by atoms with E-state index in [-0.39, 0.29) is 5.41 Å². The molecule has 0 bridgehead atoms. The van der Waals surface area contributed by atoms with Crippen LogP contribution in [0.15, 0.2) is 10.5 Å². The van der Waals surface area contributed by atoms with Gasteiger partial charge < -0.3 is 0 Å². The molecule has 1 fully saturated rings. The molecule has 1 aliphatic carbocycles. The molecule has 15 heavy (non-hydrogen) atoms. The Morgan fingerprint density at radius 2 is 2.07 bits per heavy atom. The summed E-state index contributed by atoms with van der Waals surface area (Å²) in [6, 6.07) is 2.04. The van der Waals surface area contributed by atoms with Crippen LogP contribution in [0.5, 0.6) is 0 Å². The van der Waals surface area contributed by atoms with Gasteiger partial charge in [0.25, 0.3) is 0 Å². The molecule has 0 N–H and O–H groups in total. The molecule has 1 nitrogen and oxygen atoms in total. The fourth-order valence-electron chi connectivity index (χ4n) is 2.29. The van der Waals surface area contributed by atoms with Gasteiger partial charge in [0.05, 0.1) is 4.88 Å². The number of Topliss-reactive ketones (excluding diaryl/α,β-unsaturated/α-hetero) is 1. The van der Waals surface area contributed by atoms with E-state index in [1.54, 1.807) is 11.3 Å². The van der Waals surface area contributed by atoms with E-state index in [2.05, 4.69) is 22.9 Å². The topological polar surface area (TPSA) is 17.1 Å². The van der Waals surface area contributed by atoms with Crippen molar-refractivity contribution in [3.63, 3.8) is 0 Å². The van der Waals surface area contributed by atoms with E-state index in [0.29, 0.717) is 5.78 Å². The molecule has 0 radical (unpaired) electrons. The van der Waals surface area contributed by atoms with Gasteiger partial charge in [-0.2, -0.15) is 0 Å². The van der Waals surface area contributed by atoms with Gasteiger partial charge in [0, 0.05) is 14.8 Å². The van der Waals surface area contributed by atoms with Crippen molar-refractivity contribution in [2.24, 2.45) is 5.41 Å². The van der Waals surface area contributed by atoms with Crippen LogP contribution in [0.2, 0.25) is 0 Å². The highest BCUT2D eigenvalue weighted by Crippen LogP contribution is 2.43. The Morgan fingerprint density at radius 3 is 2.53 bits per heavy atom. The lowest BCUT2D eigenvalue weighted by Crippen LogP contribution is -2.23. The Kier molecular flexibility index (Phi) is 3.04. The largest absolute Gasteiger partial charge is 0.293 e. The Bertz CT molecular complexity index is 388. The third-order valence-electron chi connectivity index (χ3n) is 3.27. The molecular weight excluding hydrogens is 272 g/mol. The molecule has 1 aromatic heterocycles. The van der Waals surface area contributed by atoms with E-state index in [0.717, 1.165) is 22.2 Å². The molecule has 0 spiro atoms. The molecule has 0 aromatic carbocycles. The highest BCUT2D eigenvalue weighted by Gasteiger charge is 2.38. The molecule has 0 aliphatic heterocycles. The summed E-state index contributed by atoms with van der Waals surface area (Å²) in [6.45, 7) is 4.16. The van der Waals surface area contributed by atoms with Gasteiger partial charge >= 0.3 is 0 Å². The summed E-state index contributed by atoms with van der Waals surface area (Å²) in [5.74, 6) is 0.338. The van der Waals surface area contributed by atoms with E-state index in [9.17, 15) is 4.79 Å². The van der Waals surface area contributed by atoms with Crippen LogP contribution in [0, 0.1) is 12.3 Å². The first-order chi connectivity index (χ1) is 7.03. The molecule has 2 rings (SSSR count). The molecule has 0 atom stereocenters. The van der Waals surface area contributed by atoms with Crippen LogP contribution in [0.4, 0.5) is 0 Å². The molecule has 1 heterocycles. The number of carbonyl (C=O) groups is 1. The van der Waals surface area contributed by atoms with Crippen molar-refractivity contribution in [1.29, 1.82) is 0 Å². The van der Waals surface area contributed by atoms with Crippen LogP contribution < -0.4 is 0 Å². The first kappa shape index (κ1) is 11.3. The first-order valence-corrected chi connectivity index (χ1v) is 6.95. The van der Waals surface area contributed by atoms with Crippen molar-refractivity contribution in [3.8, 4) is 0 Å². The second-order valence-electron chi connectivity index (χ2n) is 4.63. The fraction of sp³-hybridized carbons (Fsp3) is 0.583. The quantitative estimate of drug-likeness (QED) is 0.727. The second-order valence-corrected chi connectivity index (χ2v) is 6.74. The number of halogens is 1. The van der Waals surface area contributed by atoms with Crippen molar-refractivity contribution in [2.45, 2.75) is 39.5 Å². The Balaban J connectivity index is 2.31. The number of aryl methyl sites for hydroxylation is 1. The number of thiophene rings is 1. The molecule has 0 saturated heterocycles. The van der Waals surface area contributed by atoms with Crippen LogP contribution in [0.25, 0.3) is 0 Å². The maximum absolute atomic E-state index is 12.4. The van der Waals surface area contributed by atoms with Crippen molar-refractivity contribution in [2.75, 3.05) is 0 Å². The highest BCUT2D eigenvalue weighted by atomic mass is 79.9. The SMILES string of the molecule is Cc1cc(Br)c(C(=O)C2(C)CCCC2)s1. The van der Waals surface area contributed by atoms with E-state index in [4.69, 9.17) is 0 Å². The number of rotatable bonds is 2. The summed E-state index contributed by atoms with van der Waals surface area (Å²) in [7, 11) is 0. The van der Waals surface area contributed by atoms with Gasteiger partial charge in [0.2, 0.25) is 0 Å². The van der Waals surface area contributed by atoms with Gasteiger partial charge in [-0.15, -0.1) is 11.3 Å². The maximum atomic E-state index is 12.4. The van der Waals surface area contributed by atoms with Crippen LogP contribution in [0.3, 0.4) is 0 Å². The minimum Gasteiger partial charge on any atom is -0.293 e. The van der Waals surface area contributed by atoms with E-state index < -0.39 is 0 Å². The second kappa shape index (κ2) is 4.02. The molecule has 1 aliphatic rings. The third-order valence-corrected chi connectivity index (χ3v) is 5.21. The highest BCUT2D eigenvalue weighted by molar-refractivity contribution is 9.10. The summed E-state index contributed by atoms with van der Waals surface area (Å²) in [5, 5.41) is 0. The van der Waals surface area contributed by atoms with Gasteiger partial charge in [-0.25, -0.2) is 0 Å². The zero-order chi connectivity index (χ0) is 11.1. The van der Waals surface area contributed by atoms with Crippen molar-refractivity contribution in [1.82, 2.24) is 0 Å². The fourth-order valence-corrected chi connectivity index (χ4v) is 4.21. The normalized spacial score (nSPS) is 19.4. The third kappa shape index (κ3) is 2.04. The van der Waals surface area contributed by atoms with Gasteiger partial charge in [-0.05, 0) is 41.8 Å². The number of hydrogen-bond donors (Lipinski definition) is 0. The average Bonchev–Trinajstić information content (AvgIpc) is 2.73. The van der Waals surface area contributed by atoms with Crippen molar-refractivity contribution >= 4 is 33.0 Å². The molecule has 3 heteroatoms. The maximum Gasteiger partial charge on any atom is 0.179 e. The first-order valence-electron chi connectivity index (χ1n) is 5.34. The van der Waals surface area contributed by atoms with Gasteiger partial charge in [0.1, 0.15) is 0 Å². The minimum atomic E-state index is -0.0974. The zero-order valence-electron chi connectivity index (χ0n) is 9.10. The van der Waals surface area contributed by atoms with Crippen LogP contribution in [0.1, 0.15) is 47.2 Å². The molecule has 0 amide bonds. The average molecular weight is 287 g/mol. The molecule has 82 valence electrons. The van der Waals surface area contributed by atoms with Gasteiger partial charge in [-0.1, -0.05) is 19.8 Å². The summed E-state index contributed by atoms with van der Waals surface area (Å²) in [5.41, 5.74) is -0.0974. The summed E-state index contributed by atoms with van der Waals surface area (Å²) in [4.78, 5) is 14.5. The number of ketones is 1. The summed E-state index contributed by atoms with van der Waals surface area (Å²) >= 11 is 5.09. The number of hydrogen-bond acceptors (Lipinski definition) is 2. The van der Waals surface area contributed by atoms with Gasteiger partial charge in [-0.3, -0.25) is 4.79 Å². The number of carbonyl (C=O) groups excluding carboxylic acids is 1. The smallest absolute Gasteiger partial charge is 0.179 e. The Morgan fingerprint density at radius 1 is 1.47 bits per heavy atom. The lowest BCUT2D eigenvalue weighted by atomic mass is 9.83. The molecule has 1 saturated carbocycles. The van der Waals surface area contributed by atoms with Crippen LogP contribution in [-0.4, -0.2) is 5.78 Å². The van der Waals surface area contributed by atoms with Crippen LogP contribution >= 0.6 is 27.3 Å². The van der Waals surface area contributed by atoms with E-state index in [1.807, 2.05) is 13.0 Å². The molecular formula is C12H15BrOS. The Labute approximate surface area is 103 Å². The lowest BCUT2D eigenvalue weighted by Gasteiger charge is -2.20. The van der Waals surface area contributed by atoms with Crippen LogP contribution in [-0.2, 0) is 0 Å². The zero-order valence-corrected chi connectivity index (χ0v) is 11.5. The van der Waals surface area contributed by atoms with E-state index in [1.165, 1.54) is 17.7 Å². The predicted molar refractivity (Wildman–Crippen MR) is 67.7 cm³/mol. The van der Waals surface area contributed by atoms with Crippen molar-refractivity contribution in [3.05, 3.63) is 20.3 Å². The molecule has 0 unspecified atom stereocenters. The lowest BCUT2D eigenvalue weighted by molar-refractivity contribution is 0.0827. The minimum absolute atomic E-state index is 0.0974. The van der Waals surface area contributed by atoms with E-state index >= 15 is 0 Å². The Hall–Kier alpha value is -0.150. The molecule has 1 aromatic rings. The summed E-state index contributed by atoms with van der Waals surface area (Å²) in [6.07, 6.45) is 4.50. The predicted octanol–water partition coefficient (Wildman–Crippen LogP) is 4.58.